The quantitative estimate of drug-likeness (QED) is 0.676. The summed E-state index contributed by atoms with van der Waals surface area (Å²) in [5.41, 5.74) is 2.56. The van der Waals surface area contributed by atoms with Crippen LogP contribution >= 0.6 is 11.8 Å². The molecule has 1 aliphatic rings. The number of hydrogen-bond acceptors (Lipinski definition) is 4. The Morgan fingerprint density at radius 2 is 1.93 bits per heavy atom. The van der Waals surface area contributed by atoms with E-state index in [1.54, 1.807) is 17.2 Å². The average molecular weight is 392 g/mol. The molecule has 2 amide bonds. The van der Waals surface area contributed by atoms with Gasteiger partial charge in [0.1, 0.15) is 6.54 Å². The van der Waals surface area contributed by atoms with Crippen LogP contribution in [0.2, 0.25) is 0 Å². The van der Waals surface area contributed by atoms with Crippen molar-refractivity contribution in [1.29, 1.82) is 0 Å². The van der Waals surface area contributed by atoms with Gasteiger partial charge in [-0.15, -0.1) is 0 Å². The average Bonchev–Trinajstić information content (AvgIpc) is 3.14. The number of thioether (sulfide) groups is 1. The second-order valence-corrected chi connectivity index (χ2v) is 7.88. The van der Waals surface area contributed by atoms with Gasteiger partial charge in [0.2, 0.25) is 11.8 Å². The number of aromatic nitrogens is 2. The molecule has 142 valence electrons. The molecule has 6 nitrogen and oxygen atoms in total. The van der Waals surface area contributed by atoms with Crippen LogP contribution in [0.15, 0.2) is 72.1 Å². The number of para-hydroxylation sites is 2. The first kappa shape index (κ1) is 18.3. The molecule has 0 bridgehead atoms. The first-order valence-electron chi connectivity index (χ1n) is 9.04. The Balaban J connectivity index is 1.51. The smallest absolute Gasteiger partial charge is 0.244 e. The summed E-state index contributed by atoms with van der Waals surface area (Å²) in [6, 6.07) is 17.5. The van der Waals surface area contributed by atoms with Gasteiger partial charge in [-0.3, -0.25) is 14.5 Å². The van der Waals surface area contributed by atoms with Gasteiger partial charge in [0.25, 0.3) is 0 Å². The number of fused-ring (bicyclic) bond motifs is 1. The fraction of sp³-hybridized carbons (Fsp3) is 0.190. The molecule has 0 fully saturated rings. The van der Waals surface area contributed by atoms with Gasteiger partial charge < -0.3 is 9.88 Å². The van der Waals surface area contributed by atoms with Crippen molar-refractivity contribution < 1.29 is 9.59 Å². The van der Waals surface area contributed by atoms with E-state index < -0.39 is 0 Å². The van der Waals surface area contributed by atoms with E-state index in [4.69, 9.17) is 0 Å². The molecule has 0 aliphatic carbocycles. The number of nitrogens with one attached hydrogen (secondary N) is 1. The molecule has 2 heterocycles. The number of carbonyl (C=O) groups excluding carboxylic acids is 2. The molecule has 0 saturated carbocycles. The highest BCUT2D eigenvalue weighted by Crippen LogP contribution is 2.32. The topological polar surface area (TPSA) is 67.2 Å². The van der Waals surface area contributed by atoms with Crippen molar-refractivity contribution in [2.45, 2.75) is 23.9 Å². The third kappa shape index (κ3) is 3.80. The van der Waals surface area contributed by atoms with E-state index in [0.29, 0.717) is 12.2 Å². The Bertz CT molecular complexity index is 1000. The minimum absolute atomic E-state index is 0.0270. The summed E-state index contributed by atoms with van der Waals surface area (Å²) >= 11 is 1.40. The van der Waals surface area contributed by atoms with E-state index in [2.05, 4.69) is 22.4 Å². The third-order valence-electron chi connectivity index (χ3n) is 4.54. The second-order valence-electron chi connectivity index (χ2n) is 6.57. The zero-order valence-corrected chi connectivity index (χ0v) is 16.2. The van der Waals surface area contributed by atoms with Crippen LogP contribution in [0.1, 0.15) is 12.5 Å². The number of amides is 2. The standard InChI is InChI=1S/C21H20N4O2S/c1-15(20(27)25-14-19(26)23-17-9-5-6-10-18(17)25)28-21-22-11-12-24(21)13-16-7-3-2-4-8-16/h2-12,15H,13-14H2,1H3,(H,23,26)/t15-/m0/s1. The predicted molar refractivity (Wildman–Crippen MR) is 111 cm³/mol. The molecule has 1 aromatic heterocycles. The third-order valence-corrected chi connectivity index (χ3v) is 5.65. The van der Waals surface area contributed by atoms with E-state index in [-0.39, 0.29) is 23.6 Å². The van der Waals surface area contributed by atoms with Gasteiger partial charge in [0.15, 0.2) is 5.16 Å². The maximum atomic E-state index is 13.1. The fourth-order valence-electron chi connectivity index (χ4n) is 3.17. The lowest BCUT2D eigenvalue weighted by Gasteiger charge is -2.30. The van der Waals surface area contributed by atoms with Crippen molar-refractivity contribution >= 4 is 35.0 Å². The molecule has 2 aromatic carbocycles. The molecular weight excluding hydrogens is 372 g/mol. The zero-order chi connectivity index (χ0) is 19.5. The summed E-state index contributed by atoms with van der Waals surface area (Å²) in [6.07, 6.45) is 3.66. The molecule has 0 unspecified atom stereocenters. The number of benzene rings is 2. The van der Waals surface area contributed by atoms with Crippen LogP contribution in [0, 0.1) is 0 Å². The monoisotopic (exact) mass is 392 g/mol. The first-order chi connectivity index (χ1) is 13.6. The van der Waals surface area contributed by atoms with E-state index in [1.807, 2.05) is 54.1 Å². The minimum atomic E-state index is -0.379. The van der Waals surface area contributed by atoms with E-state index in [0.717, 1.165) is 10.8 Å². The van der Waals surface area contributed by atoms with Gasteiger partial charge in [-0.1, -0.05) is 54.2 Å². The summed E-state index contributed by atoms with van der Waals surface area (Å²) in [4.78, 5) is 31.1. The van der Waals surface area contributed by atoms with Gasteiger partial charge >= 0.3 is 0 Å². The Labute approximate surface area is 167 Å². The molecule has 0 saturated heterocycles. The Morgan fingerprint density at radius 3 is 2.75 bits per heavy atom. The Morgan fingerprint density at radius 1 is 1.18 bits per heavy atom. The molecule has 0 radical (unpaired) electrons. The number of carbonyl (C=O) groups is 2. The van der Waals surface area contributed by atoms with Crippen molar-refractivity contribution in [2.75, 3.05) is 16.8 Å². The van der Waals surface area contributed by atoms with Crippen molar-refractivity contribution in [3.8, 4) is 0 Å². The van der Waals surface area contributed by atoms with Gasteiger partial charge in [-0.05, 0) is 24.6 Å². The van der Waals surface area contributed by atoms with Crippen LogP contribution in [0.5, 0.6) is 0 Å². The molecule has 3 aromatic rings. The molecule has 28 heavy (non-hydrogen) atoms. The van der Waals surface area contributed by atoms with Crippen LogP contribution in [-0.4, -0.2) is 33.2 Å². The number of hydrogen-bond donors (Lipinski definition) is 1. The first-order valence-corrected chi connectivity index (χ1v) is 9.92. The molecule has 7 heteroatoms. The highest BCUT2D eigenvalue weighted by atomic mass is 32.2. The summed E-state index contributed by atoms with van der Waals surface area (Å²) in [7, 11) is 0. The van der Waals surface area contributed by atoms with Crippen molar-refractivity contribution in [3.63, 3.8) is 0 Å². The maximum Gasteiger partial charge on any atom is 0.244 e. The lowest BCUT2D eigenvalue weighted by molar-refractivity contribution is -0.121. The highest BCUT2D eigenvalue weighted by molar-refractivity contribution is 8.00. The Kier molecular flexibility index (Phi) is 5.16. The zero-order valence-electron chi connectivity index (χ0n) is 15.4. The van der Waals surface area contributed by atoms with Gasteiger partial charge in [-0.2, -0.15) is 0 Å². The second kappa shape index (κ2) is 7.90. The van der Waals surface area contributed by atoms with Crippen LogP contribution in [0.3, 0.4) is 0 Å². The summed E-state index contributed by atoms with van der Waals surface area (Å²) < 4.78 is 2.03. The van der Waals surface area contributed by atoms with Crippen LogP contribution in [-0.2, 0) is 16.1 Å². The van der Waals surface area contributed by atoms with Gasteiger partial charge in [-0.25, -0.2) is 4.98 Å². The summed E-state index contributed by atoms with van der Waals surface area (Å²) in [5.74, 6) is -0.295. The van der Waals surface area contributed by atoms with E-state index >= 15 is 0 Å². The number of rotatable bonds is 5. The molecular formula is C21H20N4O2S. The number of anilines is 2. The minimum Gasteiger partial charge on any atom is -0.323 e. The van der Waals surface area contributed by atoms with E-state index in [9.17, 15) is 9.59 Å². The molecule has 1 atom stereocenters. The van der Waals surface area contributed by atoms with Crippen LogP contribution in [0.4, 0.5) is 11.4 Å². The van der Waals surface area contributed by atoms with Crippen molar-refractivity contribution in [2.24, 2.45) is 0 Å². The molecule has 1 N–H and O–H groups in total. The summed E-state index contributed by atoms with van der Waals surface area (Å²) in [5, 5.41) is 3.21. The lowest BCUT2D eigenvalue weighted by Crippen LogP contribution is -2.45. The van der Waals surface area contributed by atoms with Crippen LogP contribution < -0.4 is 10.2 Å². The predicted octanol–water partition coefficient (Wildman–Crippen LogP) is 3.40. The fourth-order valence-corrected chi connectivity index (χ4v) is 4.10. The summed E-state index contributed by atoms with van der Waals surface area (Å²) in [6.45, 7) is 2.57. The Hall–Kier alpha value is -3.06. The maximum absolute atomic E-state index is 13.1. The molecule has 1 aliphatic heterocycles. The highest BCUT2D eigenvalue weighted by Gasteiger charge is 2.30. The lowest BCUT2D eigenvalue weighted by atomic mass is 10.2. The van der Waals surface area contributed by atoms with Crippen LogP contribution in [0.25, 0.3) is 0 Å². The normalized spacial score (nSPS) is 14.3. The van der Waals surface area contributed by atoms with Crippen molar-refractivity contribution in [3.05, 3.63) is 72.6 Å². The van der Waals surface area contributed by atoms with Crippen molar-refractivity contribution in [1.82, 2.24) is 9.55 Å². The van der Waals surface area contributed by atoms with Gasteiger partial charge in [0.05, 0.1) is 16.6 Å². The number of imidazole rings is 1. The SMILES string of the molecule is C[C@H](Sc1nccn1Cc1ccccc1)C(=O)N1CC(=O)Nc2ccccc21. The van der Waals surface area contributed by atoms with E-state index in [1.165, 1.54) is 17.3 Å². The van der Waals surface area contributed by atoms with Gasteiger partial charge in [0, 0.05) is 18.9 Å². The largest absolute Gasteiger partial charge is 0.323 e. The molecule has 0 spiro atoms. The number of nitrogens with zero attached hydrogens (tertiary/aromatic N) is 3. The molecule has 4 rings (SSSR count).